The Kier molecular flexibility index (Phi) is 4.06. The van der Waals surface area contributed by atoms with Gasteiger partial charge in [-0.3, -0.25) is 4.79 Å². The van der Waals surface area contributed by atoms with Crippen LogP contribution in [0.25, 0.3) is 0 Å². The van der Waals surface area contributed by atoms with E-state index >= 15 is 0 Å². The summed E-state index contributed by atoms with van der Waals surface area (Å²) >= 11 is 0. The van der Waals surface area contributed by atoms with Crippen molar-refractivity contribution in [2.75, 3.05) is 13.1 Å². The monoisotopic (exact) mass is 197 g/mol. The molecular formula is C8H15N5O. The Hall–Kier alpha value is -1.43. The molecule has 0 atom stereocenters. The summed E-state index contributed by atoms with van der Waals surface area (Å²) in [7, 11) is 1.89. The van der Waals surface area contributed by atoms with Crippen LogP contribution >= 0.6 is 0 Å². The molecule has 1 heterocycles. The normalized spacial score (nSPS) is 10.1. The summed E-state index contributed by atoms with van der Waals surface area (Å²) in [5.41, 5.74) is 0. The molecule has 0 radical (unpaired) electrons. The number of hydrogen-bond acceptors (Lipinski definition) is 4. The van der Waals surface area contributed by atoms with Crippen LogP contribution in [0.4, 0.5) is 0 Å². The Morgan fingerprint density at radius 3 is 2.93 bits per heavy atom. The zero-order chi connectivity index (χ0) is 10.4. The summed E-state index contributed by atoms with van der Waals surface area (Å²) < 4.78 is 1.85. The summed E-state index contributed by atoms with van der Waals surface area (Å²) in [4.78, 5) is 10.5. The number of carbonyl (C=O) groups excluding carboxylic acids is 1. The molecule has 14 heavy (non-hydrogen) atoms. The van der Waals surface area contributed by atoms with E-state index in [1.54, 1.807) is 6.33 Å². The van der Waals surface area contributed by atoms with Gasteiger partial charge in [0.2, 0.25) is 5.91 Å². The van der Waals surface area contributed by atoms with Gasteiger partial charge >= 0.3 is 0 Å². The van der Waals surface area contributed by atoms with Gasteiger partial charge in [-0.15, -0.1) is 10.2 Å². The van der Waals surface area contributed by atoms with E-state index in [4.69, 9.17) is 0 Å². The first-order chi connectivity index (χ1) is 6.70. The molecule has 0 aliphatic rings. The van der Waals surface area contributed by atoms with Gasteiger partial charge < -0.3 is 15.2 Å². The van der Waals surface area contributed by atoms with Crippen molar-refractivity contribution in [3.8, 4) is 0 Å². The third kappa shape index (κ3) is 3.53. The zero-order valence-electron chi connectivity index (χ0n) is 8.45. The van der Waals surface area contributed by atoms with Crippen LogP contribution in [-0.2, 0) is 18.4 Å². The fraction of sp³-hybridized carbons (Fsp3) is 0.625. The van der Waals surface area contributed by atoms with Crippen molar-refractivity contribution >= 4 is 5.91 Å². The molecule has 0 spiro atoms. The second-order valence-corrected chi connectivity index (χ2v) is 3.02. The minimum absolute atomic E-state index is 0.00883. The number of amides is 1. The molecule has 0 aliphatic carbocycles. The Labute approximate surface area is 82.7 Å². The van der Waals surface area contributed by atoms with Gasteiger partial charge in [-0.25, -0.2) is 0 Å². The van der Waals surface area contributed by atoms with E-state index in [2.05, 4.69) is 20.8 Å². The van der Waals surface area contributed by atoms with Crippen molar-refractivity contribution in [1.29, 1.82) is 0 Å². The smallest absolute Gasteiger partial charge is 0.216 e. The SMILES string of the molecule is CC(=O)NCCNCc1nncn1C. The first kappa shape index (κ1) is 10.6. The molecular weight excluding hydrogens is 182 g/mol. The summed E-state index contributed by atoms with van der Waals surface area (Å²) in [5, 5.41) is 13.5. The molecule has 2 N–H and O–H groups in total. The topological polar surface area (TPSA) is 71.8 Å². The average molecular weight is 197 g/mol. The van der Waals surface area contributed by atoms with Crippen molar-refractivity contribution in [1.82, 2.24) is 25.4 Å². The van der Waals surface area contributed by atoms with Gasteiger partial charge in [0, 0.05) is 27.1 Å². The van der Waals surface area contributed by atoms with Crippen molar-refractivity contribution in [3.05, 3.63) is 12.2 Å². The summed E-state index contributed by atoms with van der Waals surface area (Å²) in [6.45, 7) is 3.53. The number of aromatic nitrogens is 3. The molecule has 78 valence electrons. The quantitative estimate of drug-likeness (QED) is 0.596. The van der Waals surface area contributed by atoms with E-state index in [1.165, 1.54) is 6.92 Å². The average Bonchev–Trinajstić information content (AvgIpc) is 2.51. The Bertz CT molecular complexity index is 296. The van der Waals surface area contributed by atoms with Gasteiger partial charge in [-0.05, 0) is 0 Å². The van der Waals surface area contributed by atoms with Crippen LogP contribution in [0.1, 0.15) is 12.7 Å². The van der Waals surface area contributed by atoms with Crippen molar-refractivity contribution in [2.24, 2.45) is 7.05 Å². The standard InChI is InChI=1S/C8H15N5O/c1-7(14)10-4-3-9-5-8-12-11-6-13(8)2/h6,9H,3-5H2,1-2H3,(H,10,14). The molecule has 0 unspecified atom stereocenters. The summed E-state index contributed by atoms with van der Waals surface area (Å²) in [6, 6.07) is 0. The van der Waals surface area contributed by atoms with E-state index in [1.807, 2.05) is 11.6 Å². The van der Waals surface area contributed by atoms with Crippen LogP contribution in [0, 0.1) is 0 Å². The van der Waals surface area contributed by atoms with Gasteiger partial charge in [-0.1, -0.05) is 0 Å². The maximum atomic E-state index is 10.5. The maximum absolute atomic E-state index is 10.5. The minimum Gasteiger partial charge on any atom is -0.355 e. The number of carbonyl (C=O) groups is 1. The highest BCUT2D eigenvalue weighted by atomic mass is 16.1. The zero-order valence-corrected chi connectivity index (χ0v) is 8.45. The van der Waals surface area contributed by atoms with E-state index < -0.39 is 0 Å². The van der Waals surface area contributed by atoms with E-state index in [9.17, 15) is 4.79 Å². The largest absolute Gasteiger partial charge is 0.355 e. The second kappa shape index (κ2) is 5.33. The number of aryl methyl sites for hydroxylation is 1. The van der Waals surface area contributed by atoms with Gasteiger partial charge in [-0.2, -0.15) is 0 Å². The third-order valence-corrected chi connectivity index (χ3v) is 1.76. The van der Waals surface area contributed by atoms with Crippen LogP contribution in [0.2, 0.25) is 0 Å². The Balaban J connectivity index is 2.10. The molecule has 0 saturated heterocycles. The van der Waals surface area contributed by atoms with Gasteiger partial charge in [0.25, 0.3) is 0 Å². The molecule has 1 aromatic rings. The van der Waals surface area contributed by atoms with Gasteiger partial charge in [0.15, 0.2) is 0 Å². The second-order valence-electron chi connectivity index (χ2n) is 3.02. The molecule has 0 aromatic carbocycles. The van der Waals surface area contributed by atoms with Crippen molar-refractivity contribution in [2.45, 2.75) is 13.5 Å². The number of nitrogens with one attached hydrogen (secondary N) is 2. The lowest BCUT2D eigenvalue weighted by Gasteiger charge is -2.04. The van der Waals surface area contributed by atoms with Crippen LogP contribution in [-0.4, -0.2) is 33.8 Å². The third-order valence-electron chi connectivity index (χ3n) is 1.76. The molecule has 0 aliphatic heterocycles. The predicted molar refractivity (Wildman–Crippen MR) is 51.4 cm³/mol. The highest BCUT2D eigenvalue weighted by Crippen LogP contribution is 1.88. The molecule has 0 fully saturated rings. The first-order valence-electron chi connectivity index (χ1n) is 4.48. The van der Waals surface area contributed by atoms with E-state index in [0.29, 0.717) is 13.1 Å². The number of nitrogens with zero attached hydrogens (tertiary/aromatic N) is 3. The Morgan fingerprint density at radius 1 is 1.57 bits per heavy atom. The summed E-state index contributed by atoms with van der Waals surface area (Å²) in [5.74, 6) is 0.873. The van der Waals surface area contributed by atoms with Crippen LogP contribution in [0.15, 0.2) is 6.33 Å². The Morgan fingerprint density at radius 2 is 2.36 bits per heavy atom. The lowest BCUT2D eigenvalue weighted by atomic mass is 10.5. The first-order valence-corrected chi connectivity index (χ1v) is 4.48. The highest BCUT2D eigenvalue weighted by Gasteiger charge is 1.98. The van der Waals surface area contributed by atoms with Gasteiger partial charge in [0.05, 0.1) is 6.54 Å². The molecule has 1 aromatic heterocycles. The maximum Gasteiger partial charge on any atom is 0.216 e. The number of hydrogen-bond donors (Lipinski definition) is 2. The van der Waals surface area contributed by atoms with Crippen molar-refractivity contribution < 1.29 is 4.79 Å². The predicted octanol–water partition coefficient (Wildman–Crippen LogP) is -0.959. The lowest BCUT2D eigenvalue weighted by molar-refractivity contribution is -0.118. The fourth-order valence-corrected chi connectivity index (χ4v) is 0.994. The molecule has 0 bridgehead atoms. The van der Waals surface area contributed by atoms with Crippen LogP contribution in [0.3, 0.4) is 0 Å². The molecule has 1 amide bonds. The molecule has 0 saturated carbocycles. The fourth-order valence-electron chi connectivity index (χ4n) is 0.994. The number of rotatable bonds is 5. The molecule has 6 nitrogen and oxygen atoms in total. The van der Waals surface area contributed by atoms with E-state index in [0.717, 1.165) is 12.4 Å². The van der Waals surface area contributed by atoms with Gasteiger partial charge in [0.1, 0.15) is 12.2 Å². The minimum atomic E-state index is -0.00883. The summed E-state index contributed by atoms with van der Waals surface area (Å²) in [6.07, 6.45) is 1.66. The highest BCUT2D eigenvalue weighted by molar-refractivity contribution is 5.72. The van der Waals surface area contributed by atoms with Crippen LogP contribution in [0.5, 0.6) is 0 Å². The van der Waals surface area contributed by atoms with Crippen LogP contribution < -0.4 is 10.6 Å². The van der Waals surface area contributed by atoms with E-state index in [-0.39, 0.29) is 5.91 Å². The lowest BCUT2D eigenvalue weighted by Crippen LogP contribution is -2.30. The molecule has 1 rings (SSSR count). The van der Waals surface area contributed by atoms with Crippen molar-refractivity contribution in [3.63, 3.8) is 0 Å². The molecule has 6 heteroatoms.